The van der Waals surface area contributed by atoms with Crippen LogP contribution < -0.4 is 92.1 Å². The molecule has 23 N–H and O–H groups in total. The molecule has 2 aliphatic heterocycles. The summed E-state index contributed by atoms with van der Waals surface area (Å²) in [7, 11) is 0. The first-order valence-electron chi connectivity index (χ1n) is 39.5. The Kier molecular flexibility index (Phi) is 47.4. The van der Waals surface area contributed by atoms with Gasteiger partial charge in [0.15, 0.2) is 11.9 Å². The number of rotatable bonds is 49. The predicted octanol–water partition coefficient (Wildman–Crippen LogP) is -5.49. The number of guanidine groups is 2. The van der Waals surface area contributed by atoms with E-state index in [9.17, 15) is 86.9 Å². The summed E-state index contributed by atoms with van der Waals surface area (Å²) in [6.07, 6.45) is -2.26. The molecule has 0 aliphatic carbocycles. The minimum absolute atomic E-state index is 0.00662. The maximum atomic E-state index is 14.4. The maximum absolute atomic E-state index is 14.4. The minimum Gasteiger partial charge on any atom is -0.481 e. The summed E-state index contributed by atoms with van der Waals surface area (Å²) in [6.45, 7) is 3.37. The van der Waals surface area contributed by atoms with E-state index in [4.69, 9.17) is 47.4 Å². The van der Waals surface area contributed by atoms with E-state index in [1.54, 1.807) is 60.7 Å². The average molecular weight is 1690 g/mol. The van der Waals surface area contributed by atoms with Crippen LogP contribution in [-0.4, -0.2) is 287 Å². The topological polar surface area (TPSA) is 688 Å². The van der Waals surface area contributed by atoms with Crippen LogP contribution in [0.2, 0.25) is 0 Å². The first-order valence-corrected chi connectivity index (χ1v) is 39.5. The number of amides is 14. The first kappa shape index (κ1) is 100. The SMILES string of the molecule is C[C@@H]1NC(=O)C(CCCN=C(N)N)NC(=O)[C@H](CCCCNC(=O)CCN(CCC(=O)NCCCC[C@@H]2NC(=O)[C@@H](Cc3ccccc3)NC(=O)[C@H](CC(=O)O)NC(=O)[C@H](C)NC(=O)[C@H](CCCN=C(N)N)NC2=O)C(=O)CCOCCOCCOCCOCCNC(=O)CN=[N+]=[N-])NC(=O)[C@@H](Cc2ccccc2)NC(=O)[C@H](CC(=O)O)NC1=O. The van der Waals surface area contributed by atoms with Crippen LogP contribution in [0.5, 0.6) is 0 Å². The number of nitrogens with one attached hydrogen (secondary N) is 13. The number of nitrogens with zero attached hydrogens (tertiary/aromatic N) is 6. The summed E-state index contributed by atoms with van der Waals surface area (Å²) in [6, 6.07) is 2.24. The lowest BCUT2D eigenvalue weighted by Gasteiger charge is -2.26. The number of carbonyl (C=O) groups is 16. The Hall–Kier alpha value is -12.3. The molecule has 120 heavy (non-hydrogen) atoms. The highest BCUT2D eigenvalue weighted by atomic mass is 16.6. The average Bonchev–Trinajstić information content (AvgIpc) is 1.37. The number of aliphatic imine (C=N–C) groups is 2. The van der Waals surface area contributed by atoms with Gasteiger partial charge in [-0.2, -0.15) is 0 Å². The zero-order chi connectivity index (χ0) is 88.2. The number of azide groups is 1. The van der Waals surface area contributed by atoms with Crippen molar-refractivity contribution in [3.05, 3.63) is 82.2 Å². The minimum atomic E-state index is -1.72. The summed E-state index contributed by atoms with van der Waals surface area (Å²) in [5.41, 5.74) is 31.5. The van der Waals surface area contributed by atoms with Crippen molar-refractivity contribution in [1.29, 1.82) is 0 Å². The molecule has 0 saturated carbocycles. The number of carboxylic acids is 2. The third-order valence-corrected chi connectivity index (χ3v) is 18.3. The van der Waals surface area contributed by atoms with Gasteiger partial charge in [-0.15, -0.1) is 0 Å². The number of hydrogen-bond donors (Lipinski definition) is 19. The number of ether oxygens (including phenoxy) is 4. The molecule has 10 atom stereocenters. The number of carboxylic acid groups (broad SMARTS) is 2. The van der Waals surface area contributed by atoms with E-state index in [1.165, 1.54) is 18.7 Å². The van der Waals surface area contributed by atoms with Crippen molar-refractivity contribution in [2.75, 3.05) is 105 Å². The van der Waals surface area contributed by atoms with Gasteiger partial charge in [-0.3, -0.25) is 86.7 Å². The Morgan fingerprint density at radius 3 is 1.11 bits per heavy atom. The lowest BCUT2D eigenvalue weighted by molar-refractivity contribution is -0.142. The Balaban J connectivity index is 1.48. The number of aliphatic carboxylic acids is 2. The third-order valence-electron chi connectivity index (χ3n) is 18.3. The van der Waals surface area contributed by atoms with Crippen LogP contribution in [0.3, 0.4) is 0 Å². The van der Waals surface area contributed by atoms with Gasteiger partial charge in [-0.25, -0.2) is 0 Å². The second-order valence-corrected chi connectivity index (χ2v) is 27.9. The van der Waals surface area contributed by atoms with Crippen LogP contribution in [0.15, 0.2) is 75.8 Å². The standard InChI is InChI=1S/C75H115N23O22/c1-46-64(107)93-56(43-62(103)104)72(115)95-54(41-48-15-5-3-6-16-48)70(113)91-50(68(111)89-52(66(109)87-46)21-13-28-84-74(76)77)19-9-11-26-81-58(99)23-31-98(61(102)25-33-117-35-37-119-39-40-120-38-36-118-34-30-83-60(101)45-86-97-80)32-24-59(100)82-27-12-10-20-51-69(112)90-53(22-14-29-85-75(78)79)67(110)88-47(2)65(108)94-57(44-63(105)106)73(116)96-55(71(114)92-51)42-49-17-7-4-8-18-49/h3-8,15-18,46-47,50-57H,9-14,19-45H2,1-2H3,(H,81,99)(H,82,100)(H,83,101)(H,87,109)(H,88,110)(H,89,111)(H,90,112)(H,91,113)(H,92,114)(H,93,107)(H,94,108)(H,95,115)(H,96,116)(H,103,104)(H,105,106)(H4,76,77,84)(H4,78,79,85)/t46-,47-,50-,51-,52-,53?,54+,55+,56-,57-/m0/s1. The fraction of sp³-hybridized carbons (Fsp3) is 0.600. The number of benzene rings is 2. The molecule has 0 radical (unpaired) electrons. The molecular weight excluding hydrogens is 1570 g/mol. The monoisotopic (exact) mass is 1690 g/mol. The van der Waals surface area contributed by atoms with Gasteiger partial charge in [0.05, 0.1) is 72.1 Å². The van der Waals surface area contributed by atoms with Gasteiger partial charge >= 0.3 is 11.9 Å². The quantitative estimate of drug-likeness (QED) is 0.00734. The zero-order valence-electron chi connectivity index (χ0n) is 67.4. The number of nitrogens with two attached hydrogens (primary N) is 4. The van der Waals surface area contributed by atoms with Crippen molar-refractivity contribution < 1.29 is 106 Å². The summed E-state index contributed by atoms with van der Waals surface area (Å²) >= 11 is 0. The molecule has 45 nitrogen and oxygen atoms in total. The Morgan fingerprint density at radius 1 is 0.408 bits per heavy atom. The number of carbonyl (C=O) groups excluding carboxylic acids is 14. The van der Waals surface area contributed by atoms with Crippen molar-refractivity contribution in [3.8, 4) is 0 Å². The van der Waals surface area contributed by atoms with E-state index in [-0.39, 0.29) is 213 Å². The smallest absolute Gasteiger partial charge is 0.305 e. The molecule has 4 rings (SSSR count). The Labute approximate surface area is 692 Å². The van der Waals surface area contributed by atoms with E-state index in [0.29, 0.717) is 11.1 Å². The van der Waals surface area contributed by atoms with Crippen LogP contribution in [0, 0.1) is 0 Å². The molecule has 0 bridgehead atoms. The Bertz CT molecular complexity index is 3610. The summed E-state index contributed by atoms with van der Waals surface area (Å²) in [4.78, 5) is 228. The lowest BCUT2D eigenvalue weighted by atomic mass is 10.0. The van der Waals surface area contributed by atoms with Crippen LogP contribution in [0.1, 0.15) is 121 Å². The highest BCUT2D eigenvalue weighted by Crippen LogP contribution is 2.14. The van der Waals surface area contributed by atoms with Gasteiger partial charge < -0.3 is 126 Å². The van der Waals surface area contributed by atoms with Gasteiger partial charge in [0.1, 0.15) is 67.0 Å². The third kappa shape index (κ3) is 42.2. The molecule has 2 heterocycles. The molecule has 45 heteroatoms. The van der Waals surface area contributed by atoms with Gasteiger partial charge in [0.25, 0.3) is 0 Å². The Morgan fingerprint density at radius 2 is 0.733 bits per heavy atom. The molecule has 2 aromatic carbocycles. The predicted molar refractivity (Wildman–Crippen MR) is 430 cm³/mol. The molecule has 2 aromatic rings. The largest absolute Gasteiger partial charge is 0.481 e. The van der Waals surface area contributed by atoms with E-state index >= 15 is 0 Å². The zero-order valence-corrected chi connectivity index (χ0v) is 67.4. The van der Waals surface area contributed by atoms with Crippen molar-refractivity contribution in [2.24, 2.45) is 38.0 Å². The molecule has 2 aliphatic rings. The fourth-order valence-electron chi connectivity index (χ4n) is 11.9. The van der Waals surface area contributed by atoms with Crippen LogP contribution in [-0.2, 0) is 109 Å². The lowest BCUT2D eigenvalue weighted by Crippen LogP contribution is -2.58. The van der Waals surface area contributed by atoms with E-state index in [2.05, 4.69) is 89.1 Å². The molecule has 662 valence electrons. The van der Waals surface area contributed by atoms with Crippen LogP contribution >= 0.6 is 0 Å². The maximum Gasteiger partial charge on any atom is 0.305 e. The van der Waals surface area contributed by atoms with Crippen molar-refractivity contribution in [1.82, 2.24) is 74.0 Å². The number of hydrogen-bond acceptors (Lipinski definition) is 23. The molecule has 2 fully saturated rings. The van der Waals surface area contributed by atoms with Crippen molar-refractivity contribution in [2.45, 2.75) is 183 Å². The molecule has 0 spiro atoms. The molecule has 2 saturated heterocycles. The first-order chi connectivity index (χ1) is 57.4. The van der Waals surface area contributed by atoms with Crippen molar-refractivity contribution >= 4 is 107 Å². The van der Waals surface area contributed by atoms with Gasteiger partial charge in [-0.1, -0.05) is 65.8 Å². The summed E-state index contributed by atoms with van der Waals surface area (Å²) in [5, 5.41) is 56.1. The second kappa shape index (κ2) is 56.9. The van der Waals surface area contributed by atoms with E-state index < -0.39 is 168 Å². The fourth-order valence-corrected chi connectivity index (χ4v) is 11.9. The highest BCUT2D eigenvalue weighted by Gasteiger charge is 2.38. The molecular formula is C75H115N23O22. The normalized spacial score (nSPS) is 20.2. The van der Waals surface area contributed by atoms with Crippen LogP contribution in [0.25, 0.3) is 10.4 Å². The molecule has 0 aromatic heterocycles. The molecule has 14 amide bonds. The van der Waals surface area contributed by atoms with Gasteiger partial charge in [0.2, 0.25) is 82.7 Å². The summed E-state index contributed by atoms with van der Waals surface area (Å²) in [5.74, 6) is -14.6. The van der Waals surface area contributed by atoms with E-state index in [0.717, 1.165) is 0 Å². The van der Waals surface area contributed by atoms with E-state index in [1.807, 2.05) is 0 Å². The second-order valence-electron chi connectivity index (χ2n) is 27.9. The van der Waals surface area contributed by atoms with Crippen molar-refractivity contribution in [3.63, 3.8) is 0 Å². The highest BCUT2D eigenvalue weighted by molar-refractivity contribution is 6.01. The van der Waals surface area contributed by atoms with Crippen LogP contribution in [0.4, 0.5) is 0 Å². The summed E-state index contributed by atoms with van der Waals surface area (Å²) < 4.78 is 22.1. The number of unbranched alkanes of at least 4 members (excludes halogenated alkanes) is 2. The van der Waals surface area contributed by atoms with Gasteiger partial charge in [-0.05, 0) is 94.7 Å². The molecule has 1 unspecified atom stereocenters. The van der Waals surface area contributed by atoms with Gasteiger partial charge in [0, 0.05) is 76.4 Å².